The van der Waals surface area contributed by atoms with Crippen LogP contribution in [0.2, 0.25) is 0 Å². The Kier molecular flexibility index (Phi) is 6.03. The first-order valence-electron chi connectivity index (χ1n) is 8.61. The van der Waals surface area contributed by atoms with Gasteiger partial charge < -0.3 is 20.7 Å². The third kappa shape index (κ3) is 5.90. The first-order valence-corrected chi connectivity index (χ1v) is 8.61. The highest BCUT2D eigenvalue weighted by atomic mass is 19.4. The molecule has 0 bridgehead atoms. The van der Waals surface area contributed by atoms with Gasteiger partial charge in [0, 0.05) is 24.3 Å². The number of ether oxygens (including phenoxy) is 1. The van der Waals surface area contributed by atoms with Crippen LogP contribution in [-0.4, -0.2) is 37.7 Å². The van der Waals surface area contributed by atoms with Crippen LogP contribution >= 0.6 is 0 Å². The Balaban J connectivity index is 1.48. The second kappa shape index (κ2) is 8.64. The van der Waals surface area contributed by atoms with Crippen LogP contribution in [0.5, 0.6) is 5.75 Å². The molecule has 0 saturated heterocycles. The lowest BCUT2D eigenvalue weighted by molar-refractivity contribution is -0.153. The van der Waals surface area contributed by atoms with Crippen LogP contribution in [-0.2, 0) is 6.54 Å². The van der Waals surface area contributed by atoms with Crippen molar-refractivity contribution in [2.45, 2.75) is 12.7 Å². The number of nitrogens with one attached hydrogen (secondary N) is 3. The number of alkyl halides is 3. The molecule has 1 amide bonds. The fraction of sp³-hybridized carbons (Fsp3) is 0.263. The summed E-state index contributed by atoms with van der Waals surface area (Å²) >= 11 is 0. The molecule has 3 N–H and O–H groups in total. The standard InChI is InChI=1S/C19H19F3N4O2/c20-19(21,22)12-28-16-7-3-14(4-8-16)17(27)25-11-13-1-5-15(6-2-13)26-18-23-9-10-24-18/h1-8H,9-12H2,(H,25,27)(H2,23,24,26). The van der Waals surface area contributed by atoms with Gasteiger partial charge in [-0.05, 0) is 42.0 Å². The van der Waals surface area contributed by atoms with Gasteiger partial charge in [0.15, 0.2) is 12.6 Å². The highest BCUT2D eigenvalue weighted by Gasteiger charge is 2.28. The minimum atomic E-state index is -4.40. The summed E-state index contributed by atoms with van der Waals surface area (Å²) in [5.41, 5.74) is 2.13. The van der Waals surface area contributed by atoms with Crippen LogP contribution in [0.25, 0.3) is 0 Å². The van der Waals surface area contributed by atoms with Gasteiger partial charge >= 0.3 is 6.18 Å². The van der Waals surface area contributed by atoms with E-state index in [0.29, 0.717) is 12.1 Å². The fourth-order valence-electron chi connectivity index (χ4n) is 2.48. The predicted octanol–water partition coefficient (Wildman–Crippen LogP) is 2.93. The van der Waals surface area contributed by atoms with E-state index < -0.39 is 12.8 Å². The molecular weight excluding hydrogens is 373 g/mol. The Morgan fingerprint density at radius 3 is 2.43 bits per heavy atom. The summed E-state index contributed by atoms with van der Waals surface area (Å²) in [4.78, 5) is 16.4. The zero-order valence-corrected chi connectivity index (χ0v) is 14.8. The fourth-order valence-corrected chi connectivity index (χ4v) is 2.48. The van der Waals surface area contributed by atoms with E-state index in [1.165, 1.54) is 24.3 Å². The molecule has 1 heterocycles. The van der Waals surface area contributed by atoms with Gasteiger partial charge in [0.25, 0.3) is 5.91 Å². The minimum absolute atomic E-state index is 0.0540. The van der Waals surface area contributed by atoms with Crippen LogP contribution in [0.4, 0.5) is 18.9 Å². The van der Waals surface area contributed by atoms with Gasteiger partial charge in [0.05, 0.1) is 6.54 Å². The summed E-state index contributed by atoms with van der Waals surface area (Å²) in [7, 11) is 0. The average molecular weight is 392 g/mol. The zero-order chi connectivity index (χ0) is 20.0. The molecule has 1 aliphatic rings. The summed E-state index contributed by atoms with van der Waals surface area (Å²) in [5.74, 6) is 0.469. The van der Waals surface area contributed by atoms with Crippen LogP contribution in [0.1, 0.15) is 15.9 Å². The van der Waals surface area contributed by atoms with Crippen LogP contribution in [0.3, 0.4) is 0 Å². The molecule has 9 heteroatoms. The second-order valence-electron chi connectivity index (χ2n) is 6.09. The maximum Gasteiger partial charge on any atom is 0.422 e. The van der Waals surface area contributed by atoms with Crippen molar-refractivity contribution in [3.05, 3.63) is 59.7 Å². The van der Waals surface area contributed by atoms with Gasteiger partial charge in [-0.1, -0.05) is 12.1 Å². The molecule has 2 aromatic rings. The molecular formula is C19H19F3N4O2. The number of carbonyl (C=O) groups excluding carboxylic acids is 1. The van der Waals surface area contributed by atoms with E-state index in [1.807, 2.05) is 24.3 Å². The average Bonchev–Trinajstić information content (AvgIpc) is 3.18. The normalized spacial score (nSPS) is 13.5. The molecule has 1 aliphatic heterocycles. The summed E-state index contributed by atoms with van der Waals surface area (Å²) in [6.07, 6.45) is -4.40. The Hall–Kier alpha value is -3.23. The van der Waals surface area contributed by atoms with Gasteiger partial charge in [0.2, 0.25) is 0 Å². The molecule has 0 radical (unpaired) electrons. The molecule has 148 valence electrons. The number of amides is 1. The summed E-state index contributed by atoms with van der Waals surface area (Å²) < 4.78 is 41.0. The third-order valence-electron chi connectivity index (χ3n) is 3.86. The van der Waals surface area contributed by atoms with Gasteiger partial charge in [-0.3, -0.25) is 9.79 Å². The number of carbonyl (C=O) groups is 1. The SMILES string of the molecule is O=C(NCc1ccc(NC2=NCCN2)cc1)c1ccc(OCC(F)(F)F)cc1. The lowest BCUT2D eigenvalue weighted by atomic mass is 10.1. The van der Waals surface area contributed by atoms with Gasteiger partial charge in [-0.2, -0.15) is 13.2 Å². The Bertz CT molecular complexity index is 834. The van der Waals surface area contributed by atoms with E-state index in [2.05, 4.69) is 25.7 Å². The first-order chi connectivity index (χ1) is 13.4. The highest BCUT2D eigenvalue weighted by Crippen LogP contribution is 2.19. The first kappa shape index (κ1) is 19.5. The number of hydrogen-bond acceptors (Lipinski definition) is 5. The van der Waals surface area contributed by atoms with E-state index in [1.54, 1.807) is 0 Å². The molecule has 0 atom stereocenters. The summed E-state index contributed by atoms with van der Waals surface area (Å²) in [6, 6.07) is 13.0. The zero-order valence-electron chi connectivity index (χ0n) is 14.8. The van der Waals surface area contributed by atoms with E-state index in [4.69, 9.17) is 0 Å². The molecule has 28 heavy (non-hydrogen) atoms. The van der Waals surface area contributed by atoms with Crippen molar-refractivity contribution < 1.29 is 22.7 Å². The Morgan fingerprint density at radius 1 is 1.11 bits per heavy atom. The van der Waals surface area contributed by atoms with Crippen molar-refractivity contribution >= 4 is 17.6 Å². The molecule has 6 nitrogen and oxygen atoms in total. The number of rotatable bonds is 6. The second-order valence-corrected chi connectivity index (χ2v) is 6.09. The smallest absolute Gasteiger partial charge is 0.422 e. The van der Waals surface area contributed by atoms with E-state index in [9.17, 15) is 18.0 Å². The number of benzene rings is 2. The predicted molar refractivity (Wildman–Crippen MR) is 99.5 cm³/mol. The molecule has 3 rings (SSSR count). The van der Waals surface area contributed by atoms with Crippen molar-refractivity contribution in [1.82, 2.24) is 10.6 Å². The van der Waals surface area contributed by atoms with Crippen molar-refractivity contribution in [3.8, 4) is 5.75 Å². The van der Waals surface area contributed by atoms with Gasteiger partial charge in [-0.15, -0.1) is 0 Å². The molecule has 0 unspecified atom stereocenters. The van der Waals surface area contributed by atoms with E-state index in [-0.39, 0.29) is 11.7 Å². The van der Waals surface area contributed by atoms with Crippen LogP contribution in [0, 0.1) is 0 Å². The van der Waals surface area contributed by atoms with E-state index >= 15 is 0 Å². The number of nitrogens with zero attached hydrogens (tertiary/aromatic N) is 1. The molecule has 0 spiro atoms. The van der Waals surface area contributed by atoms with E-state index in [0.717, 1.165) is 30.3 Å². The van der Waals surface area contributed by atoms with Gasteiger partial charge in [-0.25, -0.2) is 0 Å². The minimum Gasteiger partial charge on any atom is -0.484 e. The maximum atomic E-state index is 12.2. The molecule has 0 saturated carbocycles. The van der Waals surface area contributed by atoms with Crippen LogP contribution < -0.4 is 20.7 Å². The van der Waals surface area contributed by atoms with Crippen molar-refractivity contribution in [1.29, 1.82) is 0 Å². The van der Waals surface area contributed by atoms with Crippen molar-refractivity contribution in [3.63, 3.8) is 0 Å². The quantitative estimate of drug-likeness (QED) is 0.707. The monoisotopic (exact) mass is 392 g/mol. The number of guanidine groups is 1. The maximum absolute atomic E-state index is 12.2. The molecule has 0 aliphatic carbocycles. The number of aliphatic imine (C=N–C) groups is 1. The third-order valence-corrected chi connectivity index (χ3v) is 3.86. The lowest BCUT2D eigenvalue weighted by Gasteiger charge is -2.10. The Labute approximate surface area is 159 Å². The van der Waals surface area contributed by atoms with Gasteiger partial charge in [0.1, 0.15) is 5.75 Å². The summed E-state index contributed by atoms with van der Waals surface area (Å²) in [6.45, 7) is 0.529. The largest absolute Gasteiger partial charge is 0.484 e. The van der Waals surface area contributed by atoms with Crippen molar-refractivity contribution in [2.75, 3.05) is 25.0 Å². The topological polar surface area (TPSA) is 74.8 Å². The molecule has 0 fully saturated rings. The molecule has 2 aromatic carbocycles. The lowest BCUT2D eigenvalue weighted by Crippen LogP contribution is -2.26. The number of anilines is 1. The number of halogens is 3. The van der Waals surface area contributed by atoms with Crippen LogP contribution in [0.15, 0.2) is 53.5 Å². The highest BCUT2D eigenvalue weighted by molar-refractivity contribution is 5.95. The Morgan fingerprint density at radius 2 is 1.82 bits per heavy atom. The van der Waals surface area contributed by atoms with Crippen molar-refractivity contribution in [2.24, 2.45) is 4.99 Å². The summed E-state index contributed by atoms with van der Waals surface area (Å²) in [5, 5.41) is 9.03. The molecule has 0 aromatic heterocycles. The number of hydrogen-bond donors (Lipinski definition) is 3.